The van der Waals surface area contributed by atoms with Gasteiger partial charge in [-0.25, -0.2) is 5.26 Å². The SMILES string of the molecule is Cc1cccc2cc(SOOO)c(N=Nc3ccccc3)c(O)c12. The van der Waals surface area contributed by atoms with E-state index in [1.54, 1.807) is 18.2 Å². The molecule has 0 unspecified atom stereocenters. The van der Waals surface area contributed by atoms with Gasteiger partial charge in [0.1, 0.15) is 5.69 Å². The average molecular weight is 342 g/mol. The van der Waals surface area contributed by atoms with Gasteiger partial charge in [0.25, 0.3) is 0 Å². The van der Waals surface area contributed by atoms with Crippen molar-refractivity contribution in [2.45, 2.75) is 11.8 Å². The molecule has 3 rings (SSSR count). The monoisotopic (exact) mass is 342 g/mol. The lowest BCUT2D eigenvalue weighted by molar-refractivity contribution is -0.432. The van der Waals surface area contributed by atoms with Crippen molar-refractivity contribution < 1.29 is 19.7 Å². The summed E-state index contributed by atoms with van der Waals surface area (Å²) in [5, 5.41) is 32.5. The maximum Gasteiger partial charge on any atom is 0.152 e. The zero-order valence-electron chi connectivity index (χ0n) is 12.7. The van der Waals surface area contributed by atoms with Crippen LogP contribution >= 0.6 is 12.0 Å². The number of hydrogen-bond acceptors (Lipinski definition) is 7. The van der Waals surface area contributed by atoms with Crippen LogP contribution in [0.25, 0.3) is 10.8 Å². The van der Waals surface area contributed by atoms with Gasteiger partial charge in [0.05, 0.1) is 22.6 Å². The number of benzene rings is 3. The third kappa shape index (κ3) is 3.39. The topological polar surface area (TPSA) is 83.6 Å². The van der Waals surface area contributed by atoms with Crippen molar-refractivity contribution in [2.24, 2.45) is 10.2 Å². The van der Waals surface area contributed by atoms with Crippen molar-refractivity contribution in [2.75, 3.05) is 0 Å². The van der Waals surface area contributed by atoms with Gasteiger partial charge in [0.2, 0.25) is 0 Å². The standard InChI is InChI=1S/C17H14N2O4S/c1-11-6-5-7-12-10-14(24-23-22-21)16(17(20)15(11)12)19-18-13-8-3-2-4-9-13/h2-10,20-21H,1H3. The summed E-state index contributed by atoms with van der Waals surface area (Å²) in [4.78, 5) is 0.458. The van der Waals surface area contributed by atoms with Crippen molar-refractivity contribution in [1.29, 1.82) is 0 Å². The molecule has 0 saturated heterocycles. The number of phenolic OH excluding ortho intramolecular Hbond substituents is 1. The van der Waals surface area contributed by atoms with Crippen LogP contribution in [0.1, 0.15) is 5.56 Å². The van der Waals surface area contributed by atoms with Crippen LogP contribution in [0.4, 0.5) is 11.4 Å². The zero-order valence-corrected chi connectivity index (χ0v) is 13.5. The molecule has 0 fully saturated rings. The van der Waals surface area contributed by atoms with Gasteiger partial charge in [0.15, 0.2) is 5.75 Å². The van der Waals surface area contributed by atoms with Crippen LogP contribution in [0.2, 0.25) is 0 Å². The lowest BCUT2D eigenvalue weighted by Gasteiger charge is -2.10. The minimum Gasteiger partial charge on any atom is -0.505 e. The van der Waals surface area contributed by atoms with Crippen LogP contribution in [0.3, 0.4) is 0 Å². The molecule has 0 saturated carbocycles. The maximum absolute atomic E-state index is 10.7. The van der Waals surface area contributed by atoms with Gasteiger partial charge in [-0.1, -0.05) is 41.4 Å². The summed E-state index contributed by atoms with van der Waals surface area (Å²) in [5.41, 5.74) is 1.80. The molecule has 0 spiro atoms. The van der Waals surface area contributed by atoms with E-state index in [0.29, 0.717) is 16.0 Å². The molecule has 122 valence electrons. The minimum atomic E-state index is -0.00526. The Hall–Kier alpha value is -2.45. The number of phenols is 1. The maximum atomic E-state index is 10.7. The Kier molecular flexibility index (Phi) is 5.07. The highest BCUT2D eigenvalue weighted by Crippen LogP contribution is 2.44. The Balaban J connectivity index is 2.14. The van der Waals surface area contributed by atoms with Crippen LogP contribution in [0.5, 0.6) is 5.75 Å². The number of fused-ring (bicyclic) bond motifs is 1. The van der Waals surface area contributed by atoms with Crippen molar-refractivity contribution in [1.82, 2.24) is 0 Å². The molecule has 0 aliphatic rings. The van der Waals surface area contributed by atoms with E-state index in [1.165, 1.54) is 0 Å². The first-order valence-corrected chi connectivity index (χ1v) is 7.81. The van der Waals surface area contributed by atoms with E-state index in [4.69, 9.17) is 5.26 Å². The van der Waals surface area contributed by atoms with E-state index in [1.807, 2.05) is 43.3 Å². The number of rotatable bonds is 5. The fourth-order valence-corrected chi connectivity index (χ4v) is 2.89. The van der Waals surface area contributed by atoms with Crippen molar-refractivity contribution >= 4 is 34.2 Å². The van der Waals surface area contributed by atoms with Crippen molar-refractivity contribution in [3.05, 3.63) is 60.2 Å². The second kappa shape index (κ2) is 7.41. The van der Waals surface area contributed by atoms with E-state index in [2.05, 4.69) is 19.6 Å². The van der Waals surface area contributed by atoms with Crippen molar-refractivity contribution in [3.63, 3.8) is 0 Å². The highest BCUT2D eigenvalue weighted by molar-refractivity contribution is 7.94. The fraction of sp³-hybridized carbons (Fsp3) is 0.0588. The van der Waals surface area contributed by atoms with Crippen LogP contribution in [0, 0.1) is 6.92 Å². The molecular weight excluding hydrogens is 328 g/mol. The van der Waals surface area contributed by atoms with Gasteiger partial charge < -0.3 is 5.11 Å². The summed E-state index contributed by atoms with van der Waals surface area (Å²) in [6.45, 7) is 1.90. The number of azo groups is 1. The largest absolute Gasteiger partial charge is 0.505 e. The van der Waals surface area contributed by atoms with Crippen LogP contribution < -0.4 is 0 Å². The summed E-state index contributed by atoms with van der Waals surface area (Å²) in [6.07, 6.45) is 0. The zero-order chi connectivity index (χ0) is 16.9. The molecule has 3 aromatic carbocycles. The predicted octanol–water partition coefficient (Wildman–Crippen LogP) is 5.70. The average Bonchev–Trinajstić information content (AvgIpc) is 2.60. The molecule has 0 bridgehead atoms. The fourth-order valence-electron chi connectivity index (χ4n) is 2.39. The smallest absolute Gasteiger partial charge is 0.152 e. The molecule has 24 heavy (non-hydrogen) atoms. The van der Waals surface area contributed by atoms with E-state index in [-0.39, 0.29) is 11.4 Å². The molecule has 0 aliphatic carbocycles. The number of nitrogens with zero attached hydrogens (tertiary/aromatic N) is 2. The highest BCUT2D eigenvalue weighted by Gasteiger charge is 2.16. The summed E-state index contributed by atoms with van der Waals surface area (Å²) in [7, 11) is 0. The third-order valence-electron chi connectivity index (χ3n) is 3.46. The second-order valence-electron chi connectivity index (χ2n) is 5.01. The van der Waals surface area contributed by atoms with E-state index >= 15 is 0 Å². The Labute approximate surface area is 142 Å². The molecule has 7 heteroatoms. The van der Waals surface area contributed by atoms with Gasteiger partial charge >= 0.3 is 0 Å². The predicted molar refractivity (Wildman–Crippen MR) is 91.6 cm³/mol. The number of hydrogen-bond donors (Lipinski definition) is 2. The Morgan fingerprint density at radius 3 is 2.54 bits per heavy atom. The van der Waals surface area contributed by atoms with E-state index in [9.17, 15) is 5.11 Å². The summed E-state index contributed by atoms with van der Waals surface area (Å²) in [5.74, 6) is -0.00526. The van der Waals surface area contributed by atoms with E-state index in [0.717, 1.165) is 23.0 Å². The molecule has 0 amide bonds. The molecule has 0 radical (unpaired) electrons. The second-order valence-corrected chi connectivity index (χ2v) is 5.75. The molecule has 3 aromatic rings. The summed E-state index contributed by atoms with van der Waals surface area (Å²) in [6, 6.07) is 16.6. The first-order valence-electron chi connectivity index (χ1n) is 7.07. The van der Waals surface area contributed by atoms with E-state index < -0.39 is 0 Å². The first-order chi connectivity index (χ1) is 11.7. The van der Waals surface area contributed by atoms with Crippen LogP contribution in [0.15, 0.2) is 69.7 Å². The minimum absolute atomic E-state index is 0.00526. The van der Waals surface area contributed by atoms with Gasteiger partial charge in [0, 0.05) is 5.39 Å². The normalized spacial score (nSPS) is 11.4. The molecule has 0 aromatic heterocycles. The quantitative estimate of drug-likeness (QED) is 0.269. The highest BCUT2D eigenvalue weighted by atomic mass is 32.2. The number of aryl methyl sites for hydroxylation is 1. The van der Waals surface area contributed by atoms with Crippen LogP contribution in [-0.2, 0) is 9.37 Å². The third-order valence-corrected chi connectivity index (χ3v) is 4.08. The van der Waals surface area contributed by atoms with Gasteiger partial charge in [-0.2, -0.15) is 5.11 Å². The lowest BCUT2D eigenvalue weighted by atomic mass is 10.0. The molecular formula is C17H14N2O4S. The molecule has 6 nitrogen and oxygen atoms in total. The molecule has 0 atom stereocenters. The summed E-state index contributed by atoms with van der Waals surface area (Å²) >= 11 is 0.731. The first kappa shape index (κ1) is 16.4. The number of aromatic hydroxyl groups is 1. The van der Waals surface area contributed by atoms with Crippen LogP contribution in [-0.4, -0.2) is 10.4 Å². The van der Waals surface area contributed by atoms with Gasteiger partial charge in [-0.15, -0.1) is 9.45 Å². The lowest BCUT2D eigenvalue weighted by Crippen LogP contribution is -1.85. The van der Waals surface area contributed by atoms with Crippen molar-refractivity contribution in [3.8, 4) is 5.75 Å². The summed E-state index contributed by atoms with van der Waals surface area (Å²) < 4.78 is 4.51. The molecule has 0 aliphatic heterocycles. The van der Waals surface area contributed by atoms with Gasteiger partial charge in [-0.05, 0) is 36.1 Å². The Morgan fingerprint density at radius 1 is 1.00 bits per heavy atom. The molecule has 2 N–H and O–H groups in total. The van der Waals surface area contributed by atoms with Gasteiger partial charge in [-0.3, -0.25) is 0 Å². The Bertz CT molecular complexity index is 885. The Morgan fingerprint density at radius 2 is 1.79 bits per heavy atom. The molecule has 0 heterocycles.